The fraction of sp³-hybridized carbons (Fsp3) is 0.364. The molecule has 18 heavy (non-hydrogen) atoms. The lowest BCUT2D eigenvalue weighted by Crippen LogP contribution is -2.38. The number of rotatable bonds is 3. The smallest absolute Gasteiger partial charge is 0.471 e. The van der Waals surface area contributed by atoms with Crippen molar-refractivity contribution in [3.8, 4) is 11.5 Å². The molecule has 1 aromatic carbocycles. The Hall–Kier alpha value is -1.92. The molecule has 0 saturated heterocycles. The Morgan fingerprint density at radius 1 is 1.22 bits per heavy atom. The summed E-state index contributed by atoms with van der Waals surface area (Å²) in [6.45, 7) is 0. The summed E-state index contributed by atoms with van der Waals surface area (Å²) in [7, 11) is 3.74. The van der Waals surface area contributed by atoms with Gasteiger partial charge in [-0.15, -0.1) is 0 Å². The fourth-order valence-corrected chi connectivity index (χ4v) is 1.36. The van der Waals surface area contributed by atoms with E-state index < -0.39 is 12.1 Å². The summed E-state index contributed by atoms with van der Waals surface area (Å²) in [5.41, 5.74) is 0.0145. The van der Waals surface area contributed by atoms with Gasteiger partial charge < -0.3 is 14.4 Å². The molecule has 1 rings (SSSR count). The number of amides is 1. The molecule has 0 aromatic heterocycles. The number of nitrogens with zero attached hydrogens (tertiary/aromatic N) is 1. The minimum atomic E-state index is -4.93. The molecule has 0 aliphatic heterocycles. The van der Waals surface area contributed by atoms with Crippen LogP contribution in [0.4, 0.5) is 18.9 Å². The van der Waals surface area contributed by atoms with Gasteiger partial charge in [-0.25, -0.2) is 0 Å². The van der Waals surface area contributed by atoms with Crippen molar-refractivity contribution in [3.63, 3.8) is 0 Å². The highest BCUT2D eigenvalue weighted by Crippen LogP contribution is 2.33. The summed E-state index contributed by atoms with van der Waals surface area (Å²) in [5, 5.41) is 0. The predicted octanol–water partition coefficient (Wildman–Crippen LogP) is 2.23. The second-order valence-corrected chi connectivity index (χ2v) is 3.40. The molecule has 0 bridgehead atoms. The second kappa shape index (κ2) is 5.16. The Labute approximate surface area is 102 Å². The van der Waals surface area contributed by atoms with Crippen LogP contribution in [-0.4, -0.2) is 33.4 Å². The molecule has 0 saturated carbocycles. The topological polar surface area (TPSA) is 38.8 Å². The highest BCUT2D eigenvalue weighted by molar-refractivity contribution is 5.98. The average molecular weight is 263 g/mol. The second-order valence-electron chi connectivity index (χ2n) is 3.40. The quantitative estimate of drug-likeness (QED) is 0.839. The van der Waals surface area contributed by atoms with E-state index in [1.807, 2.05) is 0 Å². The van der Waals surface area contributed by atoms with Crippen molar-refractivity contribution in [2.45, 2.75) is 6.18 Å². The molecule has 7 heteroatoms. The van der Waals surface area contributed by atoms with E-state index in [2.05, 4.69) is 0 Å². The summed E-state index contributed by atoms with van der Waals surface area (Å²) in [5.74, 6) is -1.43. The first-order valence-electron chi connectivity index (χ1n) is 4.88. The molecule has 0 unspecified atom stereocenters. The van der Waals surface area contributed by atoms with E-state index in [4.69, 9.17) is 9.47 Å². The summed E-state index contributed by atoms with van der Waals surface area (Å²) >= 11 is 0. The zero-order chi connectivity index (χ0) is 13.9. The van der Waals surface area contributed by atoms with Gasteiger partial charge in [0.15, 0.2) is 0 Å². The van der Waals surface area contributed by atoms with Gasteiger partial charge >= 0.3 is 12.1 Å². The van der Waals surface area contributed by atoms with Crippen LogP contribution in [0.1, 0.15) is 0 Å². The summed E-state index contributed by atoms with van der Waals surface area (Å²) in [6.07, 6.45) is -4.93. The van der Waals surface area contributed by atoms with Crippen molar-refractivity contribution >= 4 is 11.6 Å². The number of halogens is 3. The molecule has 0 aliphatic rings. The lowest BCUT2D eigenvalue weighted by Gasteiger charge is -2.21. The number of carbonyl (C=O) groups is 1. The van der Waals surface area contributed by atoms with Crippen LogP contribution in [0.15, 0.2) is 18.2 Å². The number of hydrogen-bond acceptors (Lipinski definition) is 3. The van der Waals surface area contributed by atoms with Gasteiger partial charge in [-0.05, 0) is 12.1 Å². The number of benzene rings is 1. The van der Waals surface area contributed by atoms with E-state index in [1.165, 1.54) is 32.4 Å². The molecular weight excluding hydrogens is 251 g/mol. The van der Waals surface area contributed by atoms with E-state index in [0.717, 1.165) is 7.05 Å². The normalized spacial score (nSPS) is 11.0. The largest absolute Gasteiger partial charge is 0.497 e. The predicted molar refractivity (Wildman–Crippen MR) is 59.0 cm³/mol. The van der Waals surface area contributed by atoms with Crippen molar-refractivity contribution < 1.29 is 27.4 Å². The van der Waals surface area contributed by atoms with Crippen molar-refractivity contribution in [3.05, 3.63) is 18.2 Å². The number of carbonyl (C=O) groups excluding carboxylic acids is 1. The number of hydrogen-bond donors (Lipinski definition) is 0. The Bertz CT molecular complexity index is 446. The molecule has 1 amide bonds. The minimum absolute atomic E-state index is 0.0145. The van der Waals surface area contributed by atoms with Gasteiger partial charge in [0.05, 0.1) is 19.9 Å². The van der Waals surface area contributed by atoms with Gasteiger partial charge in [-0.3, -0.25) is 4.79 Å². The number of alkyl halides is 3. The third-order valence-electron chi connectivity index (χ3n) is 2.30. The molecule has 0 aliphatic carbocycles. The van der Waals surface area contributed by atoms with E-state index in [-0.39, 0.29) is 11.4 Å². The molecule has 0 radical (unpaired) electrons. The minimum Gasteiger partial charge on any atom is -0.497 e. The first-order chi connectivity index (χ1) is 8.31. The summed E-state index contributed by atoms with van der Waals surface area (Å²) < 4.78 is 46.8. The van der Waals surface area contributed by atoms with Crippen LogP contribution in [0.25, 0.3) is 0 Å². The van der Waals surface area contributed by atoms with E-state index in [0.29, 0.717) is 10.6 Å². The highest BCUT2D eigenvalue weighted by atomic mass is 19.4. The van der Waals surface area contributed by atoms with Crippen LogP contribution in [0.2, 0.25) is 0 Å². The molecule has 0 N–H and O–H groups in total. The van der Waals surface area contributed by atoms with Gasteiger partial charge in [0, 0.05) is 13.1 Å². The van der Waals surface area contributed by atoms with E-state index >= 15 is 0 Å². The number of anilines is 1. The van der Waals surface area contributed by atoms with Crippen LogP contribution in [0.3, 0.4) is 0 Å². The van der Waals surface area contributed by atoms with Crippen LogP contribution in [0.5, 0.6) is 11.5 Å². The molecule has 0 heterocycles. The van der Waals surface area contributed by atoms with Crippen molar-refractivity contribution in [1.82, 2.24) is 0 Å². The lowest BCUT2D eigenvalue weighted by atomic mass is 10.2. The molecule has 0 atom stereocenters. The Morgan fingerprint density at radius 2 is 1.83 bits per heavy atom. The fourth-order valence-electron chi connectivity index (χ4n) is 1.36. The van der Waals surface area contributed by atoms with Crippen LogP contribution in [-0.2, 0) is 4.79 Å². The Morgan fingerprint density at radius 3 is 2.28 bits per heavy atom. The summed E-state index contributed by atoms with van der Waals surface area (Å²) in [6, 6.07) is 4.16. The molecule has 0 spiro atoms. The summed E-state index contributed by atoms with van der Waals surface area (Å²) in [4.78, 5) is 11.6. The lowest BCUT2D eigenvalue weighted by molar-refractivity contribution is -0.170. The van der Waals surface area contributed by atoms with Gasteiger partial charge in [-0.1, -0.05) is 0 Å². The average Bonchev–Trinajstić information content (AvgIpc) is 2.35. The molecule has 0 fully saturated rings. The van der Waals surface area contributed by atoms with Gasteiger partial charge in [0.1, 0.15) is 11.5 Å². The monoisotopic (exact) mass is 263 g/mol. The van der Waals surface area contributed by atoms with Crippen LogP contribution < -0.4 is 14.4 Å². The van der Waals surface area contributed by atoms with Crippen molar-refractivity contribution in [2.24, 2.45) is 0 Å². The molecular formula is C11H12F3NO3. The molecule has 1 aromatic rings. The van der Waals surface area contributed by atoms with Crippen LogP contribution >= 0.6 is 0 Å². The third kappa shape index (κ3) is 2.85. The van der Waals surface area contributed by atoms with Crippen molar-refractivity contribution in [2.75, 3.05) is 26.2 Å². The Balaban J connectivity index is 3.13. The maximum Gasteiger partial charge on any atom is 0.471 e. The SMILES string of the molecule is COc1ccc(N(C)C(=O)C(F)(F)F)c(OC)c1. The maximum atomic E-state index is 12.3. The zero-order valence-corrected chi connectivity index (χ0v) is 10.0. The van der Waals surface area contributed by atoms with Gasteiger partial charge in [-0.2, -0.15) is 13.2 Å². The third-order valence-corrected chi connectivity index (χ3v) is 2.30. The van der Waals surface area contributed by atoms with E-state index in [9.17, 15) is 18.0 Å². The Kier molecular flexibility index (Phi) is 4.05. The number of methoxy groups -OCH3 is 2. The molecule has 4 nitrogen and oxygen atoms in total. The number of ether oxygens (including phenoxy) is 2. The zero-order valence-electron chi connectivity index (χ0n) is 10.0. The van der Waals surface area contributed by atoms with Crippen LogP contribution in [0, 0.1) is 0 Å². The van der Waals surface area contributed by atoms with Crippen molar-refractivity contribution in [1.29, 1.82) is 0 Å². The standard InChI is InChI=1S/C11H12F3NO3/c1-15(10(16)11(12,13)14)8-5-4-7(17-2)6-9(8)18-3/h4-6H,1-3H3. The van der Waals surface area contributed by atoms with E-state index in [1.54, 1.807) is 0 Å². The first kappa shape index (κ1) is 14.1. The maximum absolute atomic E-state index is 12.3. The first-order valence-corrected chi connectivity index (χ1v) is 4.88. The van der Waals surface area contributed by atoms with Gasteiger partial charge in [0.2, 0.25) is 0 Å². The molecule has 100 valence electrons. The van der Waals surface area contributed by atoms with Gasteiger partial charge in [0.25, 0.3) is 0 Å². The highest BCUT2D eigenvalue weighted by Gasteiger charge is 2.42.